The van der Waals surface area contributed by atoms with Crippen LogP contribution in [0.5, 0.6) is 0 Å². The second-order valence-electron chi connectivity index (χ2n) is 4.75. The molecule has 5 heteroatoms. The molecule has 0 saturated heterocycles. The van der Waals surface area contributed by atoms with Gasteiger partial charge in [0.15, 0.2) is 0 Å². The van der Waals surface area contributed by atoms with E-state index < -0.39 is 0 Å². The van der Waals surface area contributed by atoms with Crippen LogP contribution in [0.1, 0.15) is 16.1 Å². The monoisotopic (exact) mass is 305 g/mol. The third-order valence-corrected chi connectivity index (χ3v) is 3.13. The molecule has 0 bridgehead atoms. The zero-order valence-electron chi connectivity index (χ0n) is 12.3. The summed E-state index contributed by atoms with van der Waals surface area (Å²) in [6.45, 7) is 0. The predicted octanol–water partition coefficient (Wildman–Crippen LogP) is 3.79. The summed E-state index contributed by atoms with van der Waals surface area (Å²) in [4.78, 5) is 12.3. The van der Waals surface area contributed by atoms with E-state index in [1.54, 1.807) is 30.5 Å². The number of amides is 1. The number of hydrogen-bond acceptors (Lipinski definition) is 4. The maximum Gasteiger partial charge on any atom is 0.273 e. The van der Waals surface area contributed by atoms with Crippen molar-refractivity contribution in [1.29, 1.82) is 0 Å². The Morgan fingerprint density at radius 3 is 2.52 bits per heavy atom. The number of carbonyl (C=O) groups is 1. The van der Waals surface area contributed by atoms with Crippen LogP contribution < -0.4 is 10.7 Å². The van der Waals surface area contributed by atoms with Crippen LogP contribution in [-0.2, 0) is 0 Å². The molecule has 2 N–H and O–H groups in total. The van der Waals surface area contributed by atoms with Crippen molar-refractivity contribution in [1.82, 2.24) is 5.43 Å². The van der Waals surface area contributed by atoms with E-state index in [0.717, 1.165) is 5.69 Å². The highest BCUT2D eigenvalue weighted by Gasteiger charge is 2.10. The highest BCUT2D eigenvalue weighted by Crippen LogP contribution is 2.20. The van der Waals surface area contributed by atoms with Crippen LogP contribution in [0.25, 0.3) is 0 Å². The molecule has 1 aromatic heterocycles. The summed E-state index contributed by atoms with van der Waals surface area (Å²) in [6.07, 6.45) is 2.99. The van der Waals surface area contributed by atoms with Crippen molar-refractivity contribution < 1.29 is 9.21 Å². The molecular weight excluding hydrogens is 290 g/mol. The Hall–Kier alpha value is -3.34. The summed E-state index contributed by atoms with van der Waals surface area (Å²) in [6, 6.07) is 20.4. The largest absolute Gasteiger partial charge is 0.463 e. The summed E-state index contributed by atoms with van der Waals surface area (Å²) < 4.78 is 5.11. The van der Waals surface area contributed by atoms with Gasteiger partial charge < -0.3 is 9.73 Å². The normalized spacial score (nSPS) is 10.6. The number of benzene rings is 2. The van der Waals surface area contributed by atoms with E-state index in [0.29, 0.717) is 17.0 Å². The van der Waals surface area contributed by atoms with Gasteiger partial charge in [-0.05, 0) is 36.4 Å². The number of nitrogens with zero attached hydrogens (tertiary/aromatic N) is 1. The van der Waals surface area contributed by atoms with Gasteiger partial charge in [0.25, 0.3) is 5.91 Å². The third kappa shape index (κ3) is 3.85. The SMILES string of the molecule is O=C(N/N=C\c1ccco1)c1ccccc1Nc1ccccc1. The molecule has 0 saturated carbocycles. The molecule has 0 aliphatic heterocycles. The number of anilines is 2. The third-order valence-electron chi connectivity index (χ3n) is 3.13. The molecule has 0 fully saturated rings. The quantitative estimate of drug-likeness (QED) is 0.557. The lowest BCUT2D eigenvalue weighted by molar-refractivity contribution is 0.0956. The van der Waals surface area contributed by atoms with Crippen molar-refractivity contribution in [2.75, 3.05) is 5.32 Å². The van der Waals surface area contributed by atoms with Gasteiger partial charge in [0, 0.05) is 5.69 Å². The maximum absolute atomic E-state index is 12.3. The molecule has 0 aliphatic carbocycles. The average molecular weight is 305 g/mol. The minimum atomic E-state index is -0.299. The van der Waals surface area contributed by atoms with Crippen LogP contribution in [-0.4, -0.2) is 12.1 Å². The Kier molecular flexibility index (Phi) is 4.49. The van der Waals surface area contributed by atoms with Gasteiger partial charge in [-0.1, -0.05) is 30.3 Å². The van der Waals surface area contributed by atoms with Crippen LogP contribution >= 0.6 is 0 Å². The molecule has 23 heavy (non-hydrogen) atoms. The fraction of sp³-hybridized carbons (Fsp3) is 0. The fourth-order valence-corrected chi connectivity index (χ4v) is 2.05. The number of carbonyl (C=O) groups excluding carboxylic acids is 1. The van der Waals surface area contributed by atoms with Gasteiger partial charge in [0.1, 0.15) is 5.76 Å². The molecule has 5 nitrogen and oxygen atoms in total. The van der Waals surface area contributed by atoms with Crippen molar-refractivity contribution in [3.05, 3.63) is 84.3 Å². The molecule has 0 radical (unpaired) electrons. The molecular formula is C18H15N3O2. The van der Waals surface area contributed by atoms with Gasteiger partial charge in [0.2, 0.25) is 0 Å². The molecule has 3 rings (SSSR count). The summed E-state index contributed by atoms with van der Waals surface area (Å²) in [5.41, 5.74) is 4.62. The highest BCUT2D eigenvalue weighted by atomic mass is 16.3. The smallest absolute Gasteiger partial charge is 0.273 e. The van der Waals surface area contributed by atoms with Crippen LogP contribution in [0.2, 0.25) is 0 Å². The first-order valence-electron chi connectivity index (χ1n) is 7.11. The second-order valence-corrected chi connectivity index (χ2v) is 4.75. The fourth-order valence-electron chi connectivity index (χ4n) is 2.05. The first kappa shape index (κ1) is 14.6. The molecule has 114 valence electrons. The van der Waals surface area contributed by atoms with E-state index in [9.17, 15) is 4.79 Å². The number of furan rings is 1. The standard InChI is InChI=1S/C18H15N3O2/c22-18(21-19-13-15-9-6-12-23-15)16-10-4-5-11-17(16)20-14-7-2-1-3-8-14/h1-13,20H,(H,21,22)/b19-13-. The summed E-state index contributed by atoms with van der Waals surface area (Å²) in [5, 5.41) is 7.12. The van der Waals surface area contributed by atoms with Crippen molar-refractivity contribution >= 4 is 23.5 Å². The van der Waals surface area contributed by atoms with Crippen molar-refractivity contribution in [2.24, 2.45) is 5.10 Å². The van der Waals surface area contributed by atoms with Gasteiger partial charge in [-0.3, -0.25) is 4.79 Å². The van der Waals surface area contributed by atoms with E-state index in [4.69, 9.17) is 4.42 Å². The summed E-state index contributed by atoms with van der Waals surface area (Å²) in [7, 11) is 0. The van der Waals surface area contributed by atoms with Gasteiger partial charge in [-0.2, -0.15) is 5.10 Å². The van der Waals surface area contributed by atoms with Crippen LogP contribution in [0, 0.1) is 0 Å². The molecule has 0 aliphatic rings. The molecule has 0 spiro atoms. The lowest BCUT2D eigenvalue weighted by atomic mass is 10.1. The highest BCUT2D eigenvalue weighted by molar-refractivity contribution is 6.00. The minimum Gasteiger partial charge on any atom is -0.463 e. The molecule has 2 aromatic carbocycles. The van der Waals surface area contributed by atoms with Gasteiger partial charge in [-0.15, -0.1) is 0 Å². The van der Waals surface area contributed by atoms with Crippen LogP contribution in [0.3, 0.4) is 0 Å². The molecule has 1 heterocycles. The van der Waals surface area contributed by atoms with Gasteiger partial charge in [-0.25, -0.2) is 5.43 Å². The van der Waals surface area contributed by atoms with E-state index in [2.05, 4.69) is 15.8 Å². The van der Waals surface area contributed by atoms with E-state index in [-0.39, 0.29) is 5.91 Å². The molecule has 1 amide bonds. The number of hydrazone groups is 1. The summed E-state index contributed by atoms with van der Waals surface area (Å²) >= 11 is 0. The van der Waals surface area contributed by atoms with Crippen molar-refractivity contribution in [3.63, 3.8) is 0 Å². The first-order valence-corrected chi connectivity index (χ1v) is 7.11. The summed E-state index contributed by atoms with van der Waals surface area (Å²) in [5.74, 6) is 0.271. The van der Waals surface area contributed by atoms with E-state index >= 15 is 0 Å². The Morgan fingerprint density at radius 2 is 1.74 bits per heavy atom. The van der Waals surface area contributed by atoms with Crippen molar-refractivity contribution in [2.45, 2.75) is 0 Å². The second kappa shape index (κ2) is 7.09. The lowest BCUT2D eigenvalue weighted by Gasteiger charge is -2.10. The van der Waals surface area contributed by atoms with Crippen molar-refractivity contribution in [3.8, 4) is 0 Å². The Labute approximate surface area is 133 Å². The maximum atomic E-state index is 12.3. The Bertz CT molecular complexity index is 796. The van der Waals surface area contributed by atoms with Crippen LogP contribution in [0.4, 0.5) is 11.4 Å². The first-order chi connectivity index (χ1) is 11.3. The Balaban J connectivity index is 1.73. The number of para-hydroxylation sites is 2. The van der Waals surface area contributed by atoms with Gasteiger partial charge >= 0.3 is 0 Å². The molecule has 3 aromatic rings. The topological polar surface area (TPSA) is 66.6 Å². The Morgan fingerprint density at radius 1 is 0.957 bits per heavy atom. The number of nitrogens with one attached hydrogen (secondary N) is 2. The average Bonchev–Trinajstić information content (AvgIpc) is 3.09. The van der Waals surface area contributed by atoms with E-state index in [1.807, 2.05) is 42.5 Å². The van der Waals surface area contributed by atoms with Crippen LogP contribution in [0.15, 0.2) is 82.5 Å². The predicted molar refractivity (Wildman–Crippen MR) is 89.9 cm³/mol. The molecule has 0 unspecified atom stereocenters. The van der Waals surface area contributed by atoms with Gasteiger partial charge in [0.05, 0.1) is 23.7 Å². The minimum absolute atomic E-state index is 0.299. The molecule has 0 atom stereocenters. The zero-order valence-corrected chi connectivity index (χ0v) is 12.3. The number of rotatable bonds is 5. The van der Waals surface area contributed by atoms with E-state index in [1.165, 1.54) is 6.21 Å². The number of hydrogen-bond donors (Lipinski definition) is 2. The lowest BCUT2D eigenvalue weighted by Crippen LogP contribution is -2.18. The zero-order chi connectivity index (χ0) is 15.9.